The van der Waals surface area contributed by atoms with Crippen LogP contribution in [-0.4, -0.2) is 53.5 Å². The minimum Gasteiger partial charge on any atom is -0.450 e. The molecule has 2 aliphatic rings. The minimum absolute atomic E-state index is 0.130. The van der Waals surface area contributed by atoms with Gasteiger partial charge in [0.05, 0.1) is 0 Å². The van der Waals surface area contributed by atoms with Gasteiger partial charge in [0.15, 0.2) is 6.10 Å². The van der Waals surface area contributed by atoms with Crippen LogP contribution in [0.25, 0.3) is 0 Å². The lowest BCUT2D eigenvalue weighted by Crippen LogP contribution is -2.61. The Bertz CT molecular complexity index is 804. The molecule has 0 N–H and O–H groups in total. The molecule has 14 heteroatoms. The Kier molecular flexibility index (Phi) is 6.60. The first-order valence-corrected chi connectivity index (χ1v) is 9.53. The average molecular weight is 496 g/mol. The molecule has 0 amide bonds. The summed E-state index contributed by atoms with van der Waals surface area (Å²) in [6.45, 7) is 3.70. The van der Waals surface area contributed by atoms with Gasteiger partial charge in [0.2, 0.25) is 0 Å². The Labute approximate surface area is 182 Å². The van der Waals surface area contributed by atoms with Gasteiger partial charge in [-0.3, -0.25) is 0 Å². The molecule has 0 spiro atoms. The summed E-state index contributed by atoms with van der Waals surface area (Å²) >= 11 is 0. The molecule has 0 aromatic rings. The van der Waals surface area contributed by atoms with Crippen LogP contribution < -0.4 is 0 Å². The van der Waals surface area contributed by atoms with Gasteiger partial charge >= 0.3 is 41.6 Å². The van der Waals surface area contributed by atoms with Crippen LogP contribution in [0.5, 0.6) is 0 Å². The standard InChI is InChI=1S/C19H20F8O6/c1-8(2)12(28)31-11-9-5-6-10(7-9)17(11,32-13(29)18(24,25)15(3,20)21)33-14(30)19(26,27)16(4,22)23/h9-11H,1,5-7H2,2-4H3. The Balaban J connectivity index is 2.56. The predicted molar refractivity (Wildman–Crippen MR) is 91.6 cm³/mol. The monoisotopic (exact) mass is 496 g/mol. The smallest absolute Gasteiger partial charge is 0.404 e. The zero-order chi connectivity index (χ0) is 25.8. The van der Waals surface area contributed by atoms with E-state index in [-0.39, 0.29) is 38.7 Å². The van der Waals surface area contributed by atoms with Gasteiger partial charge in [-0.05, 0) is 26.2 Å². The first kappa shape index (κ1) is 26.8. The van der Waals surface area contributed by atoms with Crippen LogP contribution in [0.15, 0.2) is 12.2 Å². The molecule has 3 atom stereocenters. The van der Waals surface area contributed by atoms with Gasteiger partial charge in [0.25, 0.3) is 5.79 Å². The lowest BCUT2D eigenvalue weighted by Gasteiger charge is -2.42. The number of hydrogen-bond acceptors (Lipinski definition) is 6. The lowest BCUT2D eigenvalue weighted by molar-refractivity contribution is -0.312. The largest absolute Gasteiger partial charge is 0.450 e. The number of carbonyl (C=O) groups is 3. The molecule has 0 radical (unpaired) electrons. The van der Waals surface area contributed by atoms with E-state index >= 15 is 0 Å². The summed E-state index contributed by atoms with van der Waals surface area (Å²) in [6, 6.07) is 0. The van der Waals surface area contributed by atoms with Gasteiger partial charge in [-0.25, -0.2) is 14.4 Å². The fraction of sp³-hybridized carbons (Fsp3) is 0.737. The van der Waals surface area contributed by atoms with E-state index in [4.69, 9.17) is 4.74 Å². The Morgan fingerprint density at radius 2 is 1.27 bits per heavy atom. The molecule has 0 aromatic carbocycles. The highest BCUT2D eigenvalue weighted by atomic mass is 19.3. The summed E-state index contributed by atoms with van der Waals surface area (Å²) in [5, 5.41) is 0. The van der Waals surface area contributed by atoms with Crippen LogP contribution in [-0.2, 0) is 28.6 Å². The maximum Gasteiger partial charge on any atom is 0.404 e. The van der Waals surface area contributed by atoms with Crippen molar-refractivity contribution in [1.82, 2.24) is 0 Å². The molecule has 2 bridgehead atoms. The van der Waals surface area contributed by atoms with Gasteiger partial charge in [-0.2, -0.15) is 35.1 Å². The van der Waals surface area contributed by atoms with Crippen molar-refractivity contribution < 1.29 is 63.7 Å². The van der Waals surface area contributed by atoms with Gasteiger partial charge in [-0.15, -0.1) is 0 Å². The van der Waals surface area contributed by atoms with Crippen molar-refractivity contribution in [2.75, 3.05) is 0 Å². The van der Waals surface area contributed by atoms with Crippen LogP contribution in [0.2, 0.25) is 0 Å². The van der Waals surface area contributed by atoms with Gasteiger partial charge < -0.3 is 14.2 Å². The number of hydrogen-bond donors (Lipinski definition) is 0. The molecule has 188 valence electrons. The highest BCUT2D eigenvalue weighted by Gasteiger charge is 2.72. The van der Waals surface area contributed by atoms with Crippen molar-refractivity contribution >= 4 is 17.9 Å². The summed E-state index contributed by atoms with van der Waals surface area (Å²) in [6.07, 6.45) is -2.20. The van der Waals surface area contributed by atoms with Crippen molar-refractivity contribution in [3.8, 4) is 0 Å². The molecule has 2 aliphatic carbocycles. The fourth-order valence-electron chi connectivity index (χ4n) is 3.69. The molecule has 0 aromatic heterocycles. The second-order valence-corrected chi connectivity index (χ2v) is 8.30. The van der Waals surface area contributed by atoms with Crippen molar-refractivity contribution in [2.24, 2.45) is 11.8 Å². The lowest BCUT2D eigenvalue weighted by atomic mass is 9.90. The van der Waals surface area contributed by atoms with E-state index < -0.39 is 65.3 Å². The highest BCUT2D eigenvalue weighted by Crippen LogP contribution is 2.56. The van der Waals surface area contributed by atoms with Crippen molar-refractivity contribution in [3.63, 3.8) is 0 Å². The van der Waals surface area contributed by atoms with E-state index in [1.807, 2.05) is 0 Å². The first-order chi connectivity index (χ1) is 14.7. The molecular formula is C19H20F8O6. The molecule has 0 heterocycles. The number of carbonyl (C=O) groups excluding carboxylic acids is 3. The number of fused-ring (bicyclic) bond motifs is 2. The zero-order valence-corrected chi connectivity index (χ0v) is 17.5. The number of ether oxygens (including phenoxy) is 3. The molecule has 2 fully saturated rings. The van der Waals surface area contributed by atoms with Crippen LogP contribution in [0.4, 0.5) is 35.1 Å². The number of rotatable bonds is 8. The summed E-state index contributed by atoms with van der Waals surface area (Å²) in [5.41, 5.74) is -0.292. The highest BCUT2D eigenvalue weighted by molar-refractivity contribution is 5.87. The van der Waals surface area contributed by atoms with Gasteiger partial charge in [0, 0.05) is 31.3 Å². The summed E-state index contributed by atoms with van der Waals surface area (Å²) in [7, 11) is 0. The third kappa shape index (κ3) is 4.52. The SMILES string of the molecule is C=C(C)C(=O)OC1C2CCC(C2)C1(OC(=O)C(F)(F)C(C)(F)F)OC(=O)C(F)(F)C(C)(F)F. The number of halogens is 8. The maximum absolute atomic E-state index is 13.9. The van der Waals surface area contributed by atoms with E-state index in [0.29, 0.717) is 0 Å². The summed E-state index contributed by atoms with van der Waals surface area (Å²) in [5.74, 6) is -33.9. The third-order valence-electron chi connectivity index (χ3n) is 5.57. The predicted octanol–water partition coefficient (Wildman–Crippen LogP) is 4.27. The normalized spacial score (nSPS) is 24.9. The summed E-state index contributed by atoms with van der Waals surface area (Å²) < 4.78 is 123. The molecule has 33 heavy (non-hydrogen) atoms. The zero-order valence-electron chi connectivity index (χ0n) is 17.5. The topological polar surface area (TPSA) is 78.9 Å². The molecule has 6 nitrogen and oxygen atoms in total. The van der Waals surface area contributed by atoms with Crippen molar-refractivity contribution in [2.45, 2.75) is 75.6 Å². The van der Waals surface area contributed by atoms with Gasteiger partial charge in [0.1, 0.15) is 0 Å². The van der Waals surface area contributed by atoms with Gasteiger partial charge in [-0.1, -0.05) is 6.58 Å². The van der Waals surface area contributed by atoms with E-state index in [0.717, 1.165) is 6.92 Å². The van der Waals surface area contributed by atoms with Crippen molar-refractivity contribution in [3.05, 3.63) is 12.2 Å². The van der Waals surface area contributed by atoms with E-state index in [2.05, 4.69) is 16.1 Å². The van der Waals surface area contributed by atoms with Crippen LogP contribution >= 0.6 is 0 Å². The van der Waals surface area contributed by atoms with Crippen LogP contribution in [0.3, 0.4) is 0 Å². The first-order valence-electron chi connectivity index (χ1n) is 9.53. The quantitative estimate of drug-likeness (QED) is 0.216. The van der Waals surface area contributed by atoms with Crippen LogP contribution in [0, 0.1) is 11.8 Å². The molecule has 0 aliphatic heterocycles. The van der Waals surface area contributed by atoms with E-state index in [1.54, 1.807) is 0 Å². The molecule has 3 unspecified atom stereocenters. The van der Waals surface area contributed by atoms with E-state index in [1.165, 1.54) is 0 Å². The Morgan fingerprint density at radius 1 is 0.848 bits per heavy atom. The Hall–Kier alpha value is -2.41. The number of esters is 3. The second kappa shape index (κ2) is 8.12. The maximum atomic E-state index is 13.9. The second-order valence-electron chi connectivity index (χ2n) is 8.30. The van der Waals surface area contributed by atoms with Crippen molar-refractivity contribution in [1.29, 1.82) is 0 Å². The molecular weight excluding hydrogens is 476 g/mol. The molecule has 2 rings (SSSR count). The fourth-order valence-corrected chi connectivity index (χ4v) is 3.69. The third-order valence-corrected chi connectivity index (χ3v) is 5.57. The number of alkyl halides is 8. The minimum atomic E-state index is -5.53. The molecule has 0 saturated heterocycles. The van der Waals surface area contributed by atoms with Crippen LogP contribution in [0.1, 0.15) is 40.0 Å². The average Bonchev–Trinajstić information content (AvgIpc) is 3.21. The van der Waals surface area contributed by atoms with E-state index in [9.17, 15) is 49.5 Å². The Morgan fingerprint density at radius 3 is 1.64 bits per heavy atom. The summed E-state index contributed by atoms with van der Waals surface area (Å²) in [4.78, 5) is 36.0. The molecule has 2 saturated carbocycles.